The number of esters is 1. The van der Waals surface area contributed by atoms with Crippen LogP contribution in [0, 0.1) is 5.92 Å². The second kappa shape index (κ2) is 16.6. The van der Waals surface area contributed by atoms with Crippen molar-refractivity contribution in [2.75, 3.05) is 33.2 Å². The fraction of sp³-hybridized carbons (Fsp3) is 0.632. The predicted molar refractivity (Wildman–Crippen MR) is 203 cm³/mol. The second-order valence-corrected chi connectivity index (χ2v) is 16.8. The highest BCUT2D eigenvalue weighted by Gasteiger charge is 2.64. The molecule has 4 bridgehead atoms. The molecule has 1 aromatic carbocycles. The molecule has 2 saturated heterocycles. The van der Waals surface area contributed by atoms with Crippen molar-refractivity contribution in [3.8, 4) is 5.75 Å². The number of rotatable bonds is 8. The number of allylic oxidation sites excluding steroid dienone is 3. The Hall–Kier alpha value is -3.30. The number of carbonyl (C=O) groups is 4. The molecule has 3 aliphatic rings. The molecule has 0 saturated carbocycles. The number of fused-ring (bicyclic) bond motifs is 5. The molecule has 0 unspecified atom stereocenters. The zero-order chi connectivity index (χ0) is 39.6. The highest BCUT2D eigenvalue weighted by Crippen LogP contribution is 2.49. The van der Waals surface area contributed by atoms with Gasteiger partial charge in [-0.25, -0.2) is 9.59 Å². The number of epoxide rings is 1. The smallest absolute Gasteiger partial charge is 0.409 e. The fourth-order valence-corrected chi connectivity index (χ4v) is 7.23. The zero-order valence-corrected chi connectivity index (χ0v) is 33.9. The number of nitrogens with zero attached hydrogens (tertiary/aromatic N) is 2. The Morgan fingerprint density at radius 2 is 1.94 bits per heavy atom. The van der Waals surface area contributed by atoms with Crippen LogP contribution in [-0.4, -0.2) is 109 Å². The number of methoxy groups -OCH3 is 2. The second-order valence-electron chi connectivity index (χ2n) is 15.2. The summed E-state index contributed by atoms with van der Waals surface area (Å²) in [6.45, 7) is 10.8. The van der Waals surface area contributed by atoms with Gasteiger partial charge in [0.1, 0.15) is 40.7 Å². The van der Waals surface area contributed by atoms with Gasteiger partial charge in [-0.2, -0.15) is 12.6 Å². The quantitative estimate of drug-likeness (QED) is 0.187. The lowest BCUT2D eigenvalue weighted by Gasteiger charge is -2.42. The molecule has 4 rings (SSSR count). The first kappa shape index (κ1) is 42.4. The monoisotopic (exact) mass is 779 g/mol. The molecular weight excluding hydrogens is 726 g/mol. The standard InChI is InChI=1S/C38H54ClN3O10S/c1-21-12-11-13-28(49-10)38(47)20-27(50-35(46)40-38)22(2)33-37(6,52-33)29(51-34(45)23(3)41(7)30(43)14-15-36(4,5)53)19-31(44)42(8)25-17-24(16-21)18-26(48-9)32(25)39/h11-13,17-18,22-23,27-29,33,47,53H,14-16,19-20H2,1-10H3,(H,40,46)/b13-11-,21-12+/t22-,23+,27+,28-,29-,33-,37+,38+/m1/s1. The van der Waals surface area contributed by atoms with Gasteiger partial charge in [-0.15, -0.1) is 0 Å². The topological polar surface area (TPSA) is 156 Å². The Balaban J connectivity index is 1.74. The molecule has 2 fully saturated rings. The molecular formula is C38H54ClN3O10S. The largest absolute Gasteiger partial charge is 0.495 e. The Morgan fingerprint density at radius 3 is 2.57 bits per heavy atom. The molecule has 0 spiro atoms. The van der Waals surface area contributed by atoms with Crippen LogP contribution in [0.3, 0.4) is 0 Å². The lowest BCUT2D eigenvalue weighted by Crippen LogP contribution is -2.63. The van der Waals surface area contributed by atoms with Crippen molar-refractivity contribution < 1.29 is 48.0 Å². The Bertz CT molecular complexity index is 1630. The third-order valence-electron chi connectivity index (χ3n) is 10.5. The first-order valence-electron chi connectivity index (χ1n) is 17.7. The normalized spacial score (nSPS) is 31.5. The van der Waals surface area contributed by atoms with Gasteiger partial charge in [-0.05, 0) is 51.3 Å². The maximum absolute atomic E-state index is 14.1. The van der Waals surface area contributed by atoms with Crippen LogP contribution in [0.15, 0.2) is 35.9 Å². The van der Waals surface area contributed by atoms with Gasteiger partial charge in [-0.1, -0.05) is 56.2 Å². The SMILES string of the molecule is COc1cc2cc(c1Cl)N(C)C(=O)C[C@@H](OC(=O)[C@H](C)N(C)C(=O)CCC(C)(C)S)[C@]1(C)O[C@@H]1[C@H](C)[C@@H]1C[C@@](O)(NC(=O)O1)[C@H](OC)/C=C\C=C(/C)C2. The van der Waals surface area contributed by atoms with Crippen LogP contribution in [0.4, 0.5) is 10.5 Å². The average Bonchev–Trinajstić information content (AvgIpc) is 3.78. The lowest BCUT2D eigenvalue weighted by atomic mass is 9.83. The minimum atomic E-state index is -1.83. The van der Waals surface area contributed by atoms with E-state index >= 15 is 0 Å². The van der Waals surface area contributed by atoms with E-state index in [1.807, 2.05) is 26.8 Å². The first-order valence-corrected chi connectivity index (χ1v) is 18.5. The van der Waals surface area contributed by atoms with Crippen LogP contribution >= 0.6 is 24.2 Å². The minimum Gasteiger partial charge on any atom is -0.495 e. The molecule has 53 heavy (non-hydrogen) atoms. The van der Waals surface area contributed by atoms with Gasteiger partial charge < -0.3 is 38.6 Å². The van der Waals surface area contributed by atoms with Gasteiger partial charge in [0.25, 0.3) is 0 Å². The number of likely N-dealkylation sites (N-methyl/N-ethyl adjacent to an activating group) is 1. The number of aliphatic hydroxyl groups is 1. The fourth-order valence-electron chi connectivity index (χ4n) is 6.81. The summed E-state index contributed by atoms with van der Waals surface area (Å²) in [4.78, 5) is 56.5. The molecule has 2 N–H and O–H groups in total. The molecule has 3 heterocycles. The third kappa shape index (κ3) is 9.88. The summed E-state index contributed by atoms with van der Waals surface area (Å²) in [5.74, 6) is -1.58. The molecule has 294 valence electrons. The number of alkyl carbamates (subject to hydrolysis) is 1. The van der Waals surface area contributed by atoms with E-state index in [4.69, 9.17) is 35.3 Å². The van der Waals surface area contributed by atoms with Crippen LogP contribution in [-0.2, 0) is 39.8 Å². The summed E-state index contributed by atoms with van der Waals surface area (Å²) in [7, 11) is 6.02. The van der Waals surface area contributed by atoms with E-state index in [0.717, 1.165) is 11.1 Å². The molecule has 15 heteroatoms. The number of hydrogen-bond acceptors (Lipinski definition) is 11. The first-order chi connectivity index (χ1) is 24.6. The number of thiol groups is 1. The number of amides is 3. The Morgan fingerprint density at radius 1 is 1.26 bits per heavy atom. The summed E-state index contributed by atoms with van der Waals surface area (Å²) in [6.07, 6.45) is 1.61. The number of anilines is 1. The number of benzene rings is 1. The van der Waals surface area contributed by atoms with Crippen molar-refractivity contribution in [3.63, 3.8) is 0 Å². The number of hydrogen-bond donors (Lipinski definition) is 3. The molecule has 13 nitrogen and oxygen atoms in total. The zero-order valence-electron chi connectivity index (χ0n) is 32.2. The highest BCUT2D eigenvalue weighted by atomic mass is 35.5. The molecule has 8 atom stereocenters. The summed E-state index contributed by atoms with van der Waals surface area (Å²) in [6, 6.07) is 2.60. The van der Waals surface area contributed by atoms with Gasteiger partial charge in [0.2, 0.25) is 11.8 Å². The molecule has 1 aromatic rings. The summed E-state index contributed by atoms with van der Waals surface area (Å²) < 4.78 is 28.8. The van der Waals surface area contributed by atoms with E-state index in [2.05, 4.69) is 17.9 Å². The van der Waals surface area contributed by atoms with Crippen molar-refractivity contribution in [1.82, 2.24) is 10.2 Å². The number of nitrogens with one attached hydrogen (secondary N) is 1. The van der Waals surface area contributed by atoms with Gasteiger partial charge >= 0.3 is 12.1 Å². The third-order valence-corrected chi connectivity index (χ3v) is 11.1. The molecule has 0 radical (unpaired) electrons. The Labute approximate surface area is 322 Å². The van der Waals surface area contributed by atoms with Crippen molar-refractivity contribution in [3.05, 3.63) is 46.5 Å². The van der Waals surface area contributed by atoms with Crippen LogP contribution in [0.1, 0.15) is 72.8 Å². The molecule has 0 aromatic heterocycles. The molecule has 3 aliphatic heterocycles. The van der Waals surface area contributed by atoms with Crippen LogP contribution < -0.4 is 15.0 Å². The summed E-state index contributed by atoms with van der Waals surface area (Å²) >= 11 is 11.3. The van der Waals surface area contributed by atoms with E-state index in [-0.39, 0.29) is 34.9 Å². The van der Waals surface area contributed by atoms with Gasteiger partial charge in [0.05, 0.1) is 25.3 Å². The lowest BCUT2D eigenvalue weighted by molar-refractivity contribution is -0.162. The predicted octanol–water partition coefficient (Wildman–Crippen LogP) is 5.00. The van der Waals surface area contributed by atoms with Crippen LogP contribution in [0.2, 0.25) is 5.02 Å². The highest BCUT2D eigenvalue weighted by molar-refractivity contribution is 7.81. The van der Waals surface area contributed by atoms with Crippen molar-refractivity contribution >= 4 is 53.8 Å². The van der Waals surface area contributed by atoms with Crippen molar-refractivity contribution in [1.29, 1.82) is 0 Å². The average molecular weight is 780 g/mol. The van der Waals surface area contributed by atoms with Gasteiger partial charge in [-0.3, -0.25) is 14.9 Å². The van der Waals surface area contributed by atoms with E-state index in [0.29, 0.717) is 24.3 Å². The van der Waals surface area contributed by atoms with Crippen molar-refractivity contribution in [2.24, 2.45) is 5.92 Å². The number of carbonyl (C=O) groups excluding carboxylic acids is 4. The molecule has 3 amide bonds. The Kier molecular flexibility index (Phi) is 13.3. The minimum absolute atomic E-state index is 0.0509. The maximum atomic E-state index is 14.1. The van der Waals surface area contributed by atoms with Crippen molar-refractivity contribution in [2.45, 2.75) is 120 Å². The van der Waals surface area contributed by atoms with E-state index < -0.39 is 65.7 Å². The number of halogens is 1. The number of ether oxygens (including phenoxy) is 5. The van der Waals surface area contributed by atoms with Gasteiger partial charge in [0.15, 0.2) is 5.72 Å². The molecule has 0 aliphatic carbocycles. The van der Waals surface area contributed by atoms with E-state index in [1.165, 1.54) is 31.1 Å². The maximum Gasteiger partial charge on any atom is 0.409 e. The van der Waals surface area contributed by atoms with E-state index in [9.17, 15) is 24.3 Å². The summed E-state index contributed by atoms with van der Waals surface area (Å²) in [5.41, 5.74) is -0.916. The van der Waals surface area contributed by atoms with Crippen LogP contribution in [0.5, 0.6) is 5.75 Å². The van der Waals surface area contributed by atoms with E-state index in [1.54, 1.807) is 52.1 Å². The van der Waals surface area contributed by atoms with Crippen LogP contribution in [0.25, 0.3) is 0 Å². The summed E-state index contributed by atoms with van der Waals surface area (Å²) in [5, 5.41) is 14.5. The van der Waals surface area contributed by atoms with Gasteiger partial charge in [0, 0.05) is 44.7 Å².